The molecule has 1 heterocycles. The first-order chi connectivity index (χ1) is 13.8. The molecule has 2 rings (SSSR count). The fourth-order valence-corrected chi connectivity index (χ4v) is 3.43. The summed E-state index contributed by atoms with van der Waals surface area (Å²) in [6, 6.07) is 8.13. The smallest absolute Gasteiger partial charge is 0.191 e. The Hall–Kier alpha value is -1.79. The van der Waals surface area contributed by atoms with Crippen molar-refractivity contribution >= 4 is 5.96 Å². The average molecular weight is 390 g/mol. The number of benzene rings is 1. The van der Waals surface area contributed by atoms with Gasteiger partial charge in [0.05, 0.1) is 13.2 Å². The third-order valence-corrected chi connectivity index (χ3v) is 5.13. The summed E-state index contributed by atoms with van der Waals surface area (Å²) in [7, 11) is 0. The van der Waals surface area contributed by atoms with E-state index in [1.807, 2.05) is 25.1 Å². The van der Waals surface area contributed by atoms with Crippen LogP contribution in [0.25, 0.3) is 0 Å². The molecule has 158 valence electrons. The van der Waals surface area contributed by atoms with Crippen LogP contribution in [0, 0.1) is 0 Å². The first-order valence-corrected chi connectivity index (χ1v) is 10.9. The number of hydrogen-bond donors (Lipinski definition) is 2. The SMILES string of the molecule is CCNC(=NCc1ccccc1OCC)NCCCCN1CCN(CC)CC1. The van der Waals surface area contributed by atoms with Gasteiger partial charge in [-0.05, 0) is 45.8 Å². The topological polar surface area (TPSA) is 52.1 Å². The Bertz CT molecular complexity index is 570. The Labute approximate surface area is 171 Å². The molecule has 1 aliphatic rings. The van der Waals surface area contributed by atoms with Crippen LogP contribution < -0.4 is 15.4 Å². The molecule has 1 saturated heterocycles. The number of nitrogens with zero attached hydrogens (tertiary/aromatic N) is 3. The second-order valence-corrected chi connectivity index (χ2v) is 7.15. The minimum Gasteiger partial charge on any atom is -0.494 e. The molecule has 0 atom stereocenters. The van der Waals surface area contributed by atoms with Gasteiger partial charge in [-0.15, -0.1) is 0 Å². The second-order valence-electron chi connectivity index (χ2n) is 7.15. The van der Waals surface area contributed by atoms with Crippen LogP contribution in [-0.2, 0) is 6.54 Å². The number of ether oxygens (including phenoxy) is 1. The lowest BCUT2D eigenvalue weighted by atomic mass is 10.2. The molecular formula is C22H39N5O. The molecule has 2 N–H and O–H groups in total. The predicted octanol–water partition coefficient (Wildman–Crippen LogP) is 2.56. The van der Waals surface area contributed by atoms with Crippen LogP contribution >= 0.6 is 0 Å². The van der Waals surface area contributed by atoms with E-state index in [2.05, 4.69) is 40.3 Å². The summed E-state index contributed by atoms with van der Waals surface area (Å²) < 4.78 is 5.70. The Morgan fingerprint density at radius 1 is 1.00 bits per heavy atom. The number of piperazine rings is 1. The summed E-state index contributed by atoms with van der Waals surface area (Å²) in [6.07, 6.45) is 2.39. The maximum atomic E-state index is 5.70. The molecule has 0 bridgehead atoms. The highest BCUT2D eigenvalue weighted by molar-refractivity contribution is 5.79. The standard InChI is InChI=1S/C22H39N5O/c1-4-23-22(25-19-20-11-7-8-12-21(20)28-6-3)24-13-9-10-14-27-17-15-26(5-2)16-18-27/h7-8,11-12H,4-6,9-10,13-19H2,1-3H3,(H2,23,24,25). The highest BCUT2D eigenvalue weighted by Gasteiger charge is 2.14. The van der Waals surface area contributed by atoms with Crippen molar-refractivity contribution in [3.8, 4) is 5.75 Å². The molecule has 1 fully saturated rings. The van der Waals surface area contributed by atoms with Crippen molar-refractivity contribution in [2.75, 3.05) is 59.0 Å². The Kier molecular flexibility index (Phi) is 10.8. The van der Waals surface area contributed by atoms with Gasteiger partial charge in [0.15, 0.2) is 5.96 Å². The van der Waals surface area contributed by atoms with Crippen LogP contribution in [0.1, 0.15) is 39.2 Å². The highest BCUT2D eigenvalue weighted by Crippen LogP contribution is 2.18. The van der Waals surface area contributed by atoms with E-state index in [0.717, 1.165) is 36.8 Å². The second kappa shape index (κ2) is 13.4. The molecule has 0 unspecified atom stereocenters. The molecule has 1 aromatic carbocycles. The summed E-state index contributed by atoms with van der Waals surface area (Å²) in [4.78, 5) is 9.85. The predicted molar refractivity (Wildman–Crippen MR) is 118 cm³/mol. The molecule has 6 nitrogen and oxygen atoms in total. The van der Waals surface area contributed by atoms with Crippen LogP contribution in [0.2, 0.25) is 0 Å². The van der Waals surface area contributed by atoms with Crippen molar-refractivity contribution in [3.05, 3.63) is 29.8 Å². The number of guanidine groups is 1. The van der Waals surface area contributed by atoms with Crippen LogP contribution in [0.15, 0.2) is 29.3 Å². The highest BCUT2D eigenvalue weighted by atomic mass is 16.5. The molecule has 1 aliphatic heterocycles. The quantitative estimate of drug-likeness (QED) is 0.346. The van der Waals surface area contributed by atoms with E-state index in [1.54, 1.807) is 0 Å². The van der Waals surface area contributed by atoms with Crippen molar-refractivity contribution in [2.24, 2.45) is 4.99 Å². The van der Waals surface area contributed by atoms with Gasteiger partial charge in [-0.2, -0.15) is 0 Å². The molecule has 0 aliphatic carbocycles. The van der Waals surface area contributed by atoms with Gasteiger partial charge >= 0.3 is 0 Å². The summed E-state index contributed by atoms with van der Waals surface area (Å²) >= 11 is 0. The van der Waals surface area contributed by atoms with E-state index in [9.17, 15) is 0 Å². The van der Waals surface area contributed by atoms with Gasteiger partial charge in [0.1, 0.15) is 5.75 Å². The van der Waals surface area contributed by atoms with Gasteiger partial charge in [0.25, 0.3) is 0 Å². The fourth-order valence-electron chi connectivity index (χ4n) is 3.43. The monoisotopic (exact) mass is 389 g/mol. The Morgan fingerprint density at radius 2 is 1.75 bits per heavy atom. The van der Waals surface area contributed by atoms with Crippen molar-refractivity contribution < 1.29 is 4.74 Å². The fraction of sp³-hybridized carbons (Fsp3) is 0.682. The zero-order valence-corrected chi connectivity index (χ0v) is 18.0. The lowest BCUT2D eigenvalue weighted by molar-refractivity contribution is 0.136. The van der Waals surface area contributed by atoms with Crippen LogP contribution in [-0.4, -0.2) is 74.7 Å². The van der Waals surface area contributed by atoms with Crippen LogP contribution in [0.4, 0.5) is 0 Å². The number of para-hydroxylation sites is 1. The third kappa shape index (κ3) is 8.07. The molecule has 0 radical (unpaired) electrons. The summed E-state index contributed by atoms with van der Waals surface area (Å²) in [5.41, 5.74) is 1.12. The summed E-state index contributed by atoms with van der Waals surface area (Å²) in [5, 5.41) is 6.81. The molecule has 0 amide bonds. The van der Waals surface area contributed by atoms with Crippen molar-refractivity contribution in [1.82, 2.24) is 20.4 Å². The van der Waals surface area contributed by atoms with Gasteiger partial charge in [-0.25, -0.2) is 4.99 Å². The van der Waals surface area contributed by atoms with Crippen molar-refractivity contribution in [1.29, 1.82) is 0 Å². The number of aliphatic imine (C=N–C) groups is 1. The molecule has 28 heavy (non-hydrogen) atoms. The van der Waals surface area contributed by atoms with Gasteiger partial charge < -0.3 is 25.2 Å². The first kappa shape index (κ1) is 22.5. The molecular weight excluding hydrogens is 350 g/mol. The van der Waals surface area contributed by atoms with E-state index in [1.165, 1.54) is 45.7 Å². The Balaban J connectivity index is 1.70. The van der Waals surface area contributed by atoms with E-state index in [-0.39, 0.29) is 0 Å². The zero-order valence-electron chi connectivity index (χ0n) is 18.0. The maximum absolute atomic E-state index is 5.70. The Morgan fingerprint density at radius 3 is 2.46 bits per heavy atom. The number of rotatable bonds is 11. The first-order valence-electron chi connectivity index (χ1n) is 10.9. The van der Waals surface area contributed by atoms with E-state index in [0.29, 0.717) is 13.2 Å². The van der Waals surface area contributed by atoms with E-state index >= 15 is 0 Å². The largest absolute Gasteiger partial charge is 0.494 e. The van der Waals surface area contributed by atoms with Gasteiger partial charge in [0, 0.05) is 44.8 Å². The number of nitrogens with one attached hydrogen (secondary N) is 2. The van der Waals surface area contributed by atoms with Gasteiger partial charge in [-0.1, -0.05) is 25.1 Å². The summed E-state index contributed by atoms with van der Waals surface area (Å²) in [6.45, 7) is 16.7. The van der Waals surface area contributed by atoms with Gasteiger partial charge in [-0.3, -0.25) is 0 Å². The molecule has 0 spiro atoms. The van der Waals surface area contributed by atoms with E-state index < -0.39 is 0 Å². The van der Waals surface area contributed by atoms with Gasteiger partial charge in [0.2, 0.25) is 0 Å². The van der Waals surface area contributed by atoms with Crippen LogP contribution in [0.5, 0.6) is 5.75 Å². The zero-order chi connectivity index (χ0) is 20.0. The summed E-state index contributed by atoms with van der Waals surface area (Å²) in [5.74, 6) is 1.80. The normalized spacial score (nSPS) is 16.2. The maximum Gasteiger partial charge on any atom is 0.191 e. The molecule has 0 saturated carbocycles. The molecule has 1 aromatic rings. The molecule has 0 aromatic heterocycles. The number of unbranched alkanes of at least 4 members (excludes halogenated alkanes) is 1. The minimum absolute atomic E-state index is 0.618. The lowest BCUT2D eigenvalue weighted by Gasteiger charge is -2.34. The molecule has 6 heteroatoms. The lowest BCUT2D eigenvalue weighted by Crippen LogP contribution is -2.46. The average Bonchev–Trinajstić information content (AvgIpc) is 2.73. The van der Waals surface area contributed by atoms with Crippen molar-refractivity contribution in [3.63, 3.8) is 0 Å². The minimum atomic E-state index is 0.618. The third-order valence-electron chi connectivity index (χ3n) is 5.13. The van der Waals surface area contributed by atoms with E-state index in [4.69, 9.17) is 9.73 Å². The number of hydrogen-bond acceptors (Lipinski definition) is 4. The van der Waals surface area contributed by atoms with Crippen LogP contribution in [0.3, 0.4) is 0 Å². The number of likely N-dealkylation sites (N-methyl/N-ethyl adjacent to an activating group) is 1. The van der Waals surface area contributed by atoms with Crippen molar-refractivity contribution in [2.45, 2.75) is 40.2 Å².